The molecule has 0 spiro atoms. The van der Waals surface area contributed by atoms with Crippen LogP contribution in [-0.2, 0) is 0 Å². The SMILES string of the molecule is COc1cc(Br)c(C(Cl)c2ccoc2C)cc1OC. The number of hydrogen-bond donors (Lipinski definition) is 0. The second-order valence-corrected chi connectivity index (χ2v) is 5.31. The van der Waals surface area contributed by atoms with Crippen molar-refractivity contribution in [2.75, 3.05) is 14.2 Å². The molecule has 0 aliphatic rings. The highest BCUT2D eigenvalue weighted by atomic mass is 79.9. The van der Waals surface area contributed by atoms with E-state index in [0.29, 0.717) is 11.5 Å². The summed E-state index contributed by atoms with van der Waals surface area (Å²) >= 11 is 10.0. The van der Waals surface area contributed by atoms with Gasteiger partial charge in [0.2, 0.25) is 0 Å². The Labute approximate surface area is 125 Å². The van der Waals surface area contributed by atoms with Gasteiger partial charge in [0.1, 0.15) is 5.76 Å². The molecule has 1 atom stereocenters. The van der Waals surface area contributed by atoms with Gasteiger partial charge < -0.3 is 13.9 Å². The quantitative estimate of drug-likeness (QED) is 0.753. The first-order valence-electron chi connectivity index (χ1n) is 5.68. The molecular weight excluding hydrogens is 332 g/mol. The van der Waals surface area contributed by atoms with E-state index in [1.807, 2.05) is 25.1 Å². The summed E-state index contributed by atoms with van der Waals surface area (Å²) in [5.41, 5.74) is 1.85. The van der Waals surface area contributed by atoms with Gasteiger partial charge in [-0.25, -0.2) is 0 Å². The fourth-order valence-electron chi connectivity index (χ4n) is 1.89. The molecule has 0 aliphatic carbocycles. The number of ether oxygens (including phenoxy) is 2. The van der Waals surface area contributed by atoms with E-state index in [-0.39, 0.29) is 5.38 Å². The average Bonchev–Trinajstić information content (AvgIpc) is 2.83. The molecule has 2 rings (SSSR count). The van der Waals surface area contributed by atoms with Gasteiger partial charge in [0.05, 0.1) is 25.9 Å². The predicted molar refractivity (Wildman–Crippen MR) is 78.4 cm³/mol. The Morgan fingerprint density at radius 1 is 1.16 bits per heavy atom. The van der Waals surface area contributed by atoms with Gasteiger partial charge in [-0.2, -0.15) is 0 Å². The minimum absolute atomic E-state index is 0.312. The number of hydrogen-bond acceptors (Lipinski definition) is 3. The predicted octanol–water partition coefficient (Wildman–Crippen LogP) is 4.70. The molecule has 0 N–H and O–H groups in total. The fraction of sp³-hybridized carbons (Fsp3) is 0.286. The largest absolute Gasteiger partial charge is 0.493 e. The van der Waals surface area contributed by atoms with Gasteiger partial charge in [0.25, 0.3) is 0 Å². The van der Waals surface area contributed by atoms with Crippen molar-refractivity contribution in [2.45, 2.75) is 12.3 Å². The highest BCUT2D eigenvalue weighted by Gasteiger charge is 2.20. The van der Waals surface area contributed by atoms with Crippen molar-refractivity contribution in [1.82, 2.24) is 0 Å². The summed E-state index contributed by atoms with van der Waals surface area (Å²) in [6.07, 6.45) is 1.63. The number of halogens is 2. The highest BCUT2D eigenvalue weighted by molar-refractivity contribution is 9.10. The van der Waals surface area contributed by atoms with Crippen molar-refractivity contribution in [1.29, 1.82) is 0 Å². The van der Waals surface area contributed by atoms with E-state index < -0.39 is 0 Å². The van der Waals surface area contributed by atoms with Crippen molar-refractivity contribution in [2.24, 2.45) is 0 Å². The van der Waals surface area contributed by atoms with Crippen LogP contribution in [0.3, 0.4) is 0 Å². The molecule has 3 nitrogen and oxygen atoms in total. The first-order chi connectivity index (χ1) is 9.08. The summed E-state index contributed by atoms with van der Waals surface area (Å²) in [6.45, 7) is 1.89. The molecule has 0 radical (unpaired) electrons. The summed E-state index contributed by atoms with van der Waals surface area (Å²) < 4.78 is 16.7. The lowest BCUT2D eigenvalue weighted by molar-refractivity contribution is 0.354. The van der Waals surface area contributed by atoms with Gasteiger partial charge in [-0.15, -0.1) is 11.6 Å². The van der Waals surface area contributed by atoms with E-state index >= 15 is 0 Å². The maximum atomic E-state index is 6.52. The van der Waals surface area contributed by atoms with Crippen molar-refractivity contribution >= 4 is 27.5 Å². The topological polar surface area (TPSA) is 31.6 Å². The van der Waals surface area contributed by atoms with Crippen LogP contribution < -0.4 is 9.47 Å². The molecule has 0 saturated heterocycles. The summed E-state index contributed by atoms with van der Waals surface area (Å²) in [5.74, 6) is 2.11. The number of rotatable bonds is 4. The van der Waals surface area contributed by atoms with Crippen LogP contribution >= 0.6 is 27.5 Å². The van der Waals surface area contributed by atoms with Crippen LogP contribution in [0, 0.1) is 6.92 Å². The lowest BCUT2D eigenvalue weighted by Crippen LogP contribution is -1.98. The average molecular weight is 346 g/mol. The van der Waals surface area contributed by atoms with Crippen molar-refractivity contribution < 1.29 is 13.9 Å². The van der Waals surface area contributed by atoms with Gasteiger partial charge in [0.15, 0.2) is 11.5 Å². The number of furan rings is 1. The van der Waals surface area contributed by atoms with E-state index in [1.54, 1.807) is 20.5 Å². The van der Waals surface area contributed by atoms with Crippen LogP contribution in [0.15, 0.2) is 33.4 Å². The van der Waals surface area contributed by atoms with E-state index in [1.165, 1.54) is 0 Å². The molecule has 1 aromatic heterocycles. The molecule has 0 aliphatic heterocycles. The zero-order valence-corrected chi connectivity index (χ0v) is 13.2. The molecular formula is C14H14BrClO3. The van der Waals surface area contributed by atoms with Crippen LogP contribution in [0.5, 0.6) is 11.5 Å². The van der Waals surface area contributed by atoms with Crippen LogP contribution in [0.2, 0.25) is 0 Å². The molecule has 102 valence electrons. The van der Waals surface area contributed by atoms with E-state index in [0.717, 1.165) is 21.4 Å². The lowest BCUT2D eigenvalue weighted by atomic mass is 10.0. The molecule has 1 heterocycles. The molecule has 0 saturated carbocycles. The van der Waals surface area contributed by atoms with Crippen LogP contribution in [0.25, 0.3) is 0 Å². The minimum atomic E-state index is -0.312. The Bertz CT molecular complexity index is 580. The molecule has 1 aromatic carbocycles. The number of aryl methyl sites for hydroxylation is 1. The number of methoxy groups -OCH3 is 2. The van der Waals surface area contributed by atoms with E-state index in [4.69, 9.17) is 25.5 Å². The highest BCUT2D eigenvalue weighted by Crippen LogP contribution is 2.41. The maximum absolute atomic E-state index is 6.52. The van der Waals surface area contributed by atoms with Gasteiger partial charge >= 0.3 is 0 Å². The molecule has 0 bridgehead atoms. The summed E-state index contributed by atoms with van der Waals surface area (Å²) in [4.78, 5) is 0. The molecule has 2 aromatic rings. The molecule has 0 amide bonds. The smallest absolute Gasteiger partial charge is 0.161 e. The lowest BCUT2D eigenvalue weighted by Gasteiger charge is -2.15. The maximum Gasteiger partial charge on any atom is 0.161 e. The number of benzene rings is 1. The first kappa shape index (κ1) is 14.3. The van der Waals surface area contributed by atoms with Gasteiger partial charge in [0, 0.05) is 10.0 Å². The Morgan fingerprint density at radius 3 is 2.32 bits per heavy atom. The van der Waals surface area contributed by atoms with E-state index in [2.05, 4.69) is 15.9 Å². The monoisotopic (exact) mass is 344 g/mol. The first-order valence-corrected chi connectivity index (χ1v) is 6.91. The van der Waals surface area contributed by atoms with Gasteiger partial charge in [-0.1, -0.05) is 15.9 Å². The third-order valence-corrected chi connectivity index (χ3v) is 4.10. The second-order valence-electron chi connectivity index (χ2n) is 4.02. The van der Waals surface area contributed by atoms with Crippen molar-refractivity contribution in [3.63, 3.8) is 0 Å². The van der Waals surface area contributed by atoms with Crippen molar-refractivity contribution in [3.8, 4) is 11.5 Å². The fourth-order valence-corrected chi connectivity index (χ4v) is 2.98. The Kier molecular flexibility index (Phi) is 4.42. The summed E-state index contributed by atoms with van der Waals surface area (Å²) in [5, 5.41) is -0.312. The van der Waals surface area contributed by atoms with Gasteiger partial charge in [-0.05, 0) is 30.7 Å². The summed E-state index contributed by atoms with van der Waals surface area (Å²) in [7, 11) is 3.20. The molecule has 1 unspecified atom stereocenters. The Hall–Kier alpha value is -1.13. The Balaban J connectivity index is 2.48. The van der Waals surface area contributed by atoms with Gasteiger partial charge in [-0.3, -0.25) is 0 Å². The second kappa shape index (κ2) is 5.88. The minimum Gasteiger partial charge on any atom is -0.493 e. The van der Waals surface area contributed by atoms with Crippen LogP contribution in [0.1, 0.15) is 22.3 Å². The van der Waals surface area contributed by atoms with E-state index in [9.17, 15) is 0 Å². The number of alkyl halides is 1. The molecule has 0 fully saturated rings. The molecule has 5 heteroatoms. The standard InChI is InChI=1S/C14H14BrClO3/c1-8-9(4-5-19-8)14(16)10-6-12(17-2)13(18-3)7-11(10)15/h4-7,14H,1-3H3. The molecule has 19 heavy (non-hydrogen) atoms. The van der Waals surface area contributed by atoms with Crippen LogP contribution in [-0.4, -0.2) is 14.2 Å². The Morgan fingerprint density at radius 2 is 1.79 bits per heavy atom. The van der Waals surface area contributed by atoms with Crippen molar-refractivity contribution in [3.05, 3.63) is 45.8 Å². The third kappa shape index (κ3) is 2.74. The summed E-state index contributed by atoms with van der Waals surface area (Å²) in [6, 6.07) is 5.59. The zero-order chi connectivity index (χ0) is 14.0. The normalized spacial score (nSPS) is 12.3. The van der Waals surface area contributed by atoms with Crippen LogP contribution in [0.4, 0.5) is 0 Å². The third-order valence-electron chi connectivity index (χ3n) is 2.95. The zero-order valence-electron chi connectivity index (χ0n) is 10.9.